The summed E-state index contributed by atoms with van der Waals surface area (Å²) in [5.41, 5.74) is 2.88. The third kappa shape index (κ3) is 2.71. The van der Waals surface area contributed by atoms with Gasteiger partial charge in [0.05, 0.1) is 12.1 Å². The Labute approximate surface area is 129 Å². The highest BCUT2D eigenvalue weighted by Gasteiger charge is 2.32. The lowest BCUT2D eigenvalue weighted by atomic mass is 9.99. The Kier molecular flexibility index (Phi) is 3.88. The van der Waals surface area contributed by atoms with Crippen LogP contribution in [0.3, 0.4) is 0 Å². The van der Waals surface area contributed by atoms with E-state index in [1.54, 1.807) is 12.1 Å². The second kappa shape index (κ2) is 5.98. The lowest BCUT2D eigenvalue weighted by Gasteiger charge is -2.28. The second-order valence-corrected chi connectivity index (χ2v) is 5.43. The summed E-state index contributed by atoms with van der Waals surface area (Å²) in [4.78, 5) is 0. The van der Waals surface area contributed by atoms with Gasteiger partial charge in [0.15, 0.2) is 6.04 Å². The Bertz CT molecular complexity index is 716. The van der Waals surface area contributed by atoms with E-state index in [0.717, 1.165) is 23.3 Å². The van der Waals surface area contributed by atoms with Crippen molar-refractivity contribution in [2.45, 2.75) is 25.4 Å². The van der Waals surface area contributed by atoms with Gasteiger partial charge in [-0.3, -0.25) is 5.01 Å². The normalized spacial score (nSPS) is 18.7. The first-order valence-electron chi connectivity index (χ1n) is 7.21. The molecule has 4 heteroatoms. The van der Waals surface area contributed by atoms with Crippen LogP contribution in [0.5, 0.6) is 0 Å². The van der Waals surface area contributed by atoms with Crippen molar-refractivity contribution in [3.05, 3.63) is 71.5 Å². The van der Waals surface area contributed by atoms with Crippen LogP contribution in [0, 0.1) is 17.1 Å². The Morgan fingerprint density at radius 2 is 1.86 bits per heavy atom. The summed E-state index contributed by atoms with van der Waals surface area (Å²) < 4.78 is 13.1. The van der Waals surface area contributed by atoms with Crippen LogP contribution in [0.15, 0.2) is 59.7 Å². The molecule has 3 nitrogen and oxygen atoms in total. The van der Waals surface area contributed by atoms with Crippen molar-refractivity contribution in [3.8, 4) is 6.07 Å². The van der Waals surface area contributed by atoms with Crippen LogP contribution >= 0.6 is 0 Å². The van der Waals surface area contributed by atoms with Crippen LogP contribution < -0.4 is 0 Å². The first kappa shape index (κ1) is 14.3. The summed E-state index contributed by atoms with van der Waals surface area (Å²) in [6, 6.07) is 17.9. The largest absolute Gasteiger partial charge is 0.267 e. The molecule has 2 aromatic rings. The summed E-state index contributed by atoms with van der Waals surface area (Å²) >= 11 is 0. The van der Waals surface area contributed by atoms with Crippen LogP contribution in [-0.2, 0) is 0 Å². The van der Waals surface area contributed by atoms with Crippen molar-refractivity contribution in [2.24, 2.45) is 5.10 Å². The van der Waals surface area contributed by atoms with Crippen molar-refractivity contribution >= 4 is 5.71 Å². The maximum atomic E-state index is 13.1. The molecule has 2 atom stereocenters. The van der Waals surface area contributed by atoms with Crippen LogP contribution in [0.1, 0.15) is 36.6 Å². The molecule has 0 radical (unpaired) electrons. The fourth-order valence-corrected chi connectivity index (χ4v) is 2.80. The van der Waals surface area contributed by atoms with Gasteiger partial charge in [-0.2, -0.15) is 10.4 Å². The standard InChI is InChI=1S/C18H16FN3/c1-13-11-17(14-5-3-2-4-6-14)22(21-13)18(12-20)15-7-9-16(19)10-8-15/h2-10,17-18H,11H2,1H3/t17-,18+/m1/s1. The average Bonchev–Trinajstić information content (AvgIpc) is 2.92. The molecule has 1 aliphatic rings. The second-order valence-electron chi connectivity index (χ2n) is 5.43. The summed E-state index contributed by atoms with van der Waals surface area (Å²) in [6.45, 7) is 1.97. The van der Waals surface area contributed by atoms with Gasteiger partial charge in [-0.05, 0) is 30.2 Å². The van der Waals surface area contributed by atoms with Crippen LogP contribution in [0.2, 0.25) is 0 Å². The van der Waals surface area contributed by atoms with E-state index >= 15 is 0 Å². The maximum absolute atomic E-state index is 13.1. The van der Waals surface area contributed by atoms with Gasteiger partial charge in [-0.1, -0.05) is 42.5 Å². The lowest BCUT2D eigenvalue weighted by molar-refractivity contribution is 0.196. The number of benzene rings is 2. The zero-order chi connectivity index (χ0) is 15.5. The van der Waals surface area contributed by atoms with Gasteiger partial charge in [-0.25, -0.2) is 4.39 Å². The van der Waals surface area contributed by atoms with Crippen LogP contribution in [0.4, 0.5) is 4.39 Å². The minimum Gasteiger partial charge on any atom is -0.267 e. The monoisotopic (exact) mass is 293 g/mol. The third-order valence-corrected chi connectivity index (χ3v) is 3.85. The fraction of sp³-hybridized carbons (Fsp3) is 0.222. The smallest absolute Gasteiger partial charge is 0.159 e. The molecule has 0 amide bonds. The van der Waals surface area contributed by atoms with Gasteiger partial charge in [0, 0.05) is 12.1 Å². The van der Waals surface area contributed by atoms with E-state index in [2.05, 4.69) is 11.2 Å². The molecule has 1 heterocycles. The number of hydrogen-bond donors (Lipinski definition) is 0. The molecule has 0 saturated carbocycles. The highest BCUT2D eigenvalue weighted by molar-refractivity contribution is 5.84. The molecule has 0 aromatic heterocycles. The molecule has 110 valence electrons. The lowest BCUT2D eigenvalue weighted by Crippen LogP contribution is -2.24. The Balaban J connectivity index is 1.96. The zero-order valence-corrected chi connectivity index (χ0v) is 12.3. The predicted molar refractivity (Wildman–Crippen MR) is 83.5 cm³/mol. The number of hydrogen-bond acceptors (Lipinski definition) is 3. The highest BCUT2D eigenvalue weighted by atomic mass is 19.1. The van der Waals surface area contributed by atoms with Crippen LogP contribution in [-0.4, -0.2) is 10.7 Å². The van der Waals surface area contributed by atoms with E-state index in [1.807, 2.05) is 42.3 Å². The molecule has 0 N–H and O–H groups in total. The number of nitrogens with zero attached hydrogens (tertiary/aromatic N) is 3. The molecule has 3 rings (SSSR count). The molecule has 0 spiro atoms. The average molecular weight is 293 g/mol. The van der Waals surface area contributed by atoms with E-state index in [4.69, 9.17) is 0 Å². The quantitative estimate of drug-likeness (QED) is 0.850. The van der Waals surface area contributed by atoms with Crippen molar-refractivity contribution in [1.29, 1.82) is 5.26 Å². The van der Waals surface area contributed by atoms with Gasteiger partial charge >= 0.3 is 0 Å². The minimum atomic E-state index is -0.525. The molecular formula is C18H16FN3. The SMILES string of the molecule is CC1=NN([C@@H](C#N)c2ccc(F)cc2)[C@@H](c2ccccc2)C1. The molecule has 0 fully saturated rings. The van der Waals surface area contributed by atoms with Crippen molar-refractivity contribution in [1.82, 2.24) is 5.01 Å². The molecule has 0 unspecified atom stereocenters. The summed E-state index contributed by atoms with van der Waals surface area (Å²) in [5, 5.41) is 16.0. The summed E-state index contributed by atoms with van der Waals surface area (Å²) in [6.07, 6.45) is 0.795. The molecule has 0 aliphatic carbocycles. The maximum Gasteiger partial charge on any atom is 0.159 e. The Morgan fingerprint density at radius 3 is 2.50 bits per heavy atom. The summed E-state index contributed by atoms with van der Waals surface area (Å²) in [7, 11) is 0. The first-order chi connectivity index (χ1) is 10.7. The number of rotatable bonds is 3. The predicted octanol–water partition coefficient (Wildman–Crippen LogP) is 4.21. The van der Waals surface area contributed by atoms with E-state index in [1.165, 1.54) is 12.1 Å². The number of halogens is 1. The Hall–Kier alpha value is -2.67. The van der Waals surface area contributed by atoms with Crippen LogP contribution in [0.25, 0.3) is 0 Å². The topological polar surface area (TPSA) is 39.4 Å². The van der Waals surface area contributed by atoms with Crippen molar-refractivity contribution < 1.29 is 4.39 Å². The van der Waals surface area contributed by atoms with E-state index in [0.29, 0.717) is 0 Å². The molecule has 0 saturated heterocycles. The van der Waals surface area contributed by atoms with E-state index < -0.39 is 6.04 Å². The summed E-state index contributed by atoms with van der Waals surface area (Å²) in [5.74, 6) is -0.304. The first-order valence-corrected chi connectivity index (χ1v) is 7.21. The van der Waals surface area contributed by atoms with E-state index in [-0.39, 0.29) is 11.9 Å². The Morgan fingerprint density at radius 1 is 1.18 bits per heavy atom. The van der Waals surface area contributed by atoms with Gasteiger partial charge in [0.1, 0.15) is 5.82 Å². The molecule has 1 aliphatic heterocycles. The van der Waals surface area contributed by atoms with Gasteiger partial charge in [0.25, 0.3) is 0 Å². The molecular weight excluding hydrogens is 277 g/mol. The van der Waals surface area contributed by atoms with E-state index in [9.17, 15) is 9.65 Å². The van der Waals surface area contributed by atoms with Gasteiger partial charge in [0.2, 0.25) is 0 Å². The fourth-order valence-electron chi connectivity index (χ4n) is 2.80. The molecule has 22 heavy (non-hydrogen) atoms. The minimum absolute atomic E-state index is 0.0379. The van der Waals surface area contributed by atoms with Gasteiger partial charge < -0.3 is 0 Å². The molecule has 2 aromatic carbocycles. The van der Waals surface area contributed by atoms with Gasteiger partial charge in [-0.15, -0.1) is 0 Å². The highest BCUT2D eigenvalue weighted by Crippen LogP contribution is 2.37. The third-order valence-electron chi connectivity index (χ3n) is 3.85. The van der Waals surface area contributed by atoms with Crippen molar-refractivity contribution in [3.63, 3.8) is 0 Å². The number of hydrazone groups is 1. The zero-order valence-electron chi connectivity index (χ0n) is 12.3. The number of nitriles is 1. The molecule has 0 bridgehead atoms. The van der Waals surface area contributed by atoms with Crippen molar-refractivity contribution in [2.75, 3.05) is 0 Å².